The van der Waals surface area contributed by atoms with Crippen LogP contribution < -0.4 is 5.32 Å². The van der Waals surface area contributed by atoms with Gasteiger partial charge < -0.3 is 14.6 Å². The minimum absolute atomic E-state index is 0.119. The van der Waals surface area contributed by atoms with Gasteiger partial charge in [-0.3, -0.25) is 9.59 Å². The predicted octanol–water partition coefficient (Wildman–Crippen LogP) is 4.21. The molecular weight excluding hydrogens is 388 g/mol. The molecule has 0 aliphatic heterocycles. The molecule has 3 aromatic rings. The van der Waals surface area contributed by atoms with Gasteiger partial charge in [-0.15, -0.1) is 0 Å². The molecule has 5 nitrogen and oxygen atoms in total. The third-order valence-electron chi connectivity index (χ3n) is 4.65. The number of nitrogens with one attached hydrogen (secondary N) is 1. The van der Waals surface area contributed by atoms with E-state index in [0.29, 0.717) is 17.3 Å². The molecule has 1 atom stereocenters. The van der Waals surface area contributed by atoms with Crippen LogP contribution >= 0.6 is 11.6 Å². The maximum Gasteiger partial charge on any atom is 0.242 e. The van der Waals surface area contributed by atoms with E-state index in [1.807, 2.05) is 42.5 Å². The summed E-state index contributed by atoms with van der Waals surface area (Å²) < 4.78 is 5.25. The molecule has 1 heterocycles. The molecule has 1 N–H and O–H groups in total. The molecule has 0 saturated carbocycles. The average molecular weight is 411 g/mol. The number of nitrogens with zero attached hydrogens (tertiary/aromatic N) is 1. The molecule has 0 radical (unpaired) electrons. The Hall–Kier alpha value is -3.05. The highest BCUT2D eigenvalue weighted by Gasteiger charge is 2.26. The quantitative estimate of drug-likeness (QED) is 0.605. The fourth-order valence-corrected chi connectivity index (χ4v) is 3.10. The average Bonchev–Trinajstić information content (AvgIpc) is 3.25. The van der Waals surface area contributed by atoms with Crippen LogP contribution in [0.3, 0.4) is 0 Å². The molecule has 6 heteroatoms. The zero-order valence-corrected chi connectivity index (χ0v) is 16.9. The van der Waals surface area contributed by atoms with Gasteiger partial charge >= 0.3 is 0 Å². The Labute approximate surface area is 175 Å². The second-order valence-electron chi connectivity index (χ2n) is 6.78. The number of hydrogen-bond acceptors (Lipinski definition) is 3. The van der Waals surface area contributed by atoms with Crippen molar-refractivity contribution in [1.29, 1.82) is 0 Å². The summed E-state index contributed by atoms with van der Waals surface area (Å²) in [7, 11) is 0. The van der Waals surface area contributed by atoms with Crippen molar-refractivity contribution in [1.82, 2.24) is 10.2 Å². The standard InChI is InChI=1S/C23H23ClN2O3/c1-17(23(28)25-15-21-8-5-13-29-21)26(16-19-9-11-20(24)12-10-19)22(27)14-18-6-3-2-4-7-18/h2-13,17H,14-16H2,1H3,(H,25,28). The molecule has 0 aliphatic carbocycles. The summed E-state index contributed by atoms with van der Waals surface area (Å²) in [6.45, 7) is 2.33. The van der Waals surface area contributed by atoms with E-state index in [9.17, 15) is 9.59 Å². The van der Waals surface area contributed by atoms with Crippen LogP contribution in [0.25, 0.3) is 0 Å². The number of hydrogen-bond donors (Lipinski definition) is 1. The Morgan fingerprint density at radius 2 is 1.72 bits per heavy atom. The van der Waals surface area contributed by atoms with Gasteiger partial charge in [-0.2, -0.15) is 0 Å². The normalized spacial score (nSPS) is 11.7. The minimum Gasteiger partial charge on any atom is -0.467 e. The summed E-state index contributed by atoms with van der Waals surface area (Å²) in [6.07, 6.45) is 1.78. The predicted molar refractivity (Wildman–Crippen MR) is 112 cm³/mol. The second kappa shape index (κ2) is 9.94. The van der Waals surface area contributed by atoms with Crippen LogP contribution in [0, 0.1) is 0 Å². The number of amides is 2. The van der Waals surface area contributed by atoms with Crippen molar-refractivity contribution in [3.05, 3.63) is 94.9 Å². The number of carbonyl (C=O) groups excluding carboxylic acids is 2. The zero-order chi connectivity index (χ0) is 20.6. The first-order valence-corrected chi connectivity index (χ1v) is 9.78. The van der Waals surface area contributed by atoms with E-state index in [1.165, 1.54) is 0 Å². The maximum atomic E-state index is 13.1. The van der Waals surface area contributed by atoms with Gasteiger partial charge in [0.05, 0.1) is 19.2 Å². The van der Waals surface area contributed by atoms with Crippen molar-refractivity contribution in [2.75, 3.05) is 0 Å². The van der Waals surface area contributed by atoms with Crippen LogP contribution in [-0.2, 0) is 29.1 Å². The highest BCUT2D eigenvalue weighted by molar-refractivity contribution is 6.30. The van der Waals surface area contributed by atoms with Crippen molar-refractivity contribution < 1.29 is 14.0 Å². The first-order valence-electron chi connectivity index (χ1n) is 9.41. The van der Waals surface area contributed by atoms with Crippen molar-refractivity contribution in [3.63, 3.8) is 0 Å². The minimum atomic E-state index is -0.642. The van der Waals surface area contributed by atoms with E-state index >= 15 is 0 Å². The number of carbonyl (C=O) groups is 2. The van der Waals surface area contributed by atoms with Crippen LogP contribution in [0.1, 0.15) is 23.8 Å². The first-order chi connectivity index (χ1) is 14.0. The third-order valence-corrected chi connectivity index (χ3v) is 4.90. The molecule has 0 spiro atoms. The molecule has 0 fully saturated rings. The monoisotopic (exact) mass is 410 g/mol. The van der Waals surface area contributed by atoms with Gasteiger partial charge in [-0.1, -0.05) is 54.1 Å². The molecule has 0 saturated heterocycles. The summed E-state index contributed by atoms with van der Waals surface area (Å²) in [5.74, 6) is 0.300. The van der Waals surface area contributed by atoms with Gasteiger partial charge in [0.1, 0.15) is 11.8 Å². The molecule has 0 aliphatic rings. The number of rotatable bonds is 8. The lowest BCUT2D eigenvalue weighted by molar-refractivity contribution is -0.140. The first kappa shape index (κ1) is 20.7. The molecule has 29 heavy (non-hydrogen) atoms. The van der Waals surface area contributed by atoms with E-state index in [2.05, 4.69) is 5.32 Å². The Balaban J connectivity index is 1.73. The van der Waals surface area contributed by atoms with Gasteiger partial charge in [-0.05, 0) is 42.3 Å². The maximum absolute atomic E-state index is 13.1. The molecule has 0 bridgehead atoms. The largest absolute Gasteiger partial charge is 0.467 e. The van der Waals surface area contributed by atoms with E-state index in [1.54, 1.807) is 42.4 Å². The molecule has 2 aromatic carbocycles. The van der Waals surface area contributed by atoms with Gasteiger partial charge in [-0.25, -0.2) is 0 Å². The number of halogens is 1. The molecule has 1 unspecified atom stereocenters. The second-order valence-corrected chi connectivity index (χ2v) is 7.22. The molecule has 2 amide bonds. The van der Waals surface area contributed by atoms with Crippen LogP contribution in [0.4, 0.5) is 0 Å². The zero-order valence-electron chi connectivity index (χ0n) is 16.2. The number of furan rings is 1. The molecule has 150 valence electrons. The summed E-state index contributed by atoms with van der Waals surface area (Å²) in [5, 5.41) is 3.46. The van der Waals surface area contributed by atoms with Crippen LogP contribution in [0.5, 0.6) is 0 Å². The van der Waals surface area contributed by atoms with Gasteiger partial charge in [0.15, 0.2) is 0 Å². The third kappa shape index (κ3) is 5.96. The van der Waals surface area contributed by atoms with E-state index in [4.69, 9.17) is 16.0 Å². The SMILES string of the molecule is CC(C(=O)NCc1ccco1)N(Cc1ccc(Cl)cc1)C(=O)Cc1ccccc1. The molecular formula is C23H23ClN2O3. The van der Waals surface area contributed by atoms with Crippen LogP contribution in [-0.4, -0.2) is 22.8 Å². The number of benzene rings is 2. The van der Waals surface area contributed by atoms with Crippen molar-refractivity contribution in [2.24, 2.45) is 0 Å². The summed E-state index contributed by atoms with van der Waals surface area (Å²) in [6, 6.07) is 19.7. The Morgan fingerprint density at radius 3 is 2.38 bits per heavy atom. The summed E-state index contributed by atoms with van der Waals surface area (Å²) in [5.41, 5.74) is 1.81. The lowest BCUT2D eigenvalue weighted by Gasteiger charge is -2.29. The molecule has 1 aromatic heterocycles. The fourth-order valence-electron chi connectivity index (χ4n) is 2.98. The van der Waals surface area contributed by atoms with Crippen molar-refractivity contribution >= 4 is 23.4 Å². The van der Waals surface area contributed by atoms with Crippen molar-refractivity contribution in [3.8, 4) is 0 Å². The van der Waals surface area contributed by atoms with E-state index < -0.39 is 6.04 Å². The van der Waals surface area contributed by atoms with Gasteiger partial charge in [0, 0.05) is 11.6 Å². The Morgan fingerprint density at radius 1 is 1.00 bits per heavy atom. The van der Waals surface area contributed by atoms with Gasteiger partial charge in [0.2, 0.25) is 11.8 Å². The van der Waals surface area contributed by atoms with Crippen molar-refractivity contribution in [2.45, 2.75) is 32.5 Å². The summed E-state index contributed by atoms with van der Waals surface area (Å²) in [4.78, 5) is 27.4. The van der Waals surface area contributed by atoms with E-state index in [0.717, 1.165) is 11.1 Å². The Kier molecular flexibility index (Phi) is 7.09. The lowest BCUT2D eigenvalue weighted by atomic mass is 10.1. The van der Waals surface area contributed by atoms with E-state index in [-0.39, 0.29) is 24.8 Å². The highest BCUT2D eigenvalue weighted by atomic mass is 35.5. The lowest BCUT2D eigenvalue weighted by Crippen LogP contribution is -2.47. The molecule has 3 rings (SSSR count). The fraction of sp³-hybridized carbons (Fsp3) is 0.217. The topological polar surface area (TPSA) is 62.6 Å². The highest BCUT2D eigenvalue weighted by Crippen LogP contribution is 2.15. The van der Waals surface area contributed by atoms with Gasteiger partial charge in [0.25, 0.3) is 0 Å². The van der Waals surface area contributed by atoms with Crippen LogP contribution in [0.2, 0.25) is 5.02 Å². The summed E-state index contributed by atoms with van der Waals surface area (Å²) >= 11 is 5.97. The smallest absolute Gasteiger partial charge is 0.242 e. The Bertz CT molecular complexity index is 925. The van der Waals surface area contributed by atoms with Crippen LogP contribution in [0.15, 0.2) is 77.4 Å².